The van der Waals surface area contributed by atoms with E-state index in [1.165, 1.54) is 5.56 Å². The Bertz CT molecular complexity index is 954. The number of hydrogen-bond acceptors (Lipinski definition) is 4. The van der Waals surface area contributed by atoms with Gasteiger partial charge < -0.3 is 4.98 Å². The third-order valence-electron chi connectivity index (χ3n) is 4.24. The Kier molecular flexibility index (Phi) is 3.78. The molecular weight excluding hydrogens is 300 g/mol. The molecule has 6 heteroatoms. The Labute approximate surface area is 139 Å². The van der Waals surface area contributed by atoms with Crippen molar-refractivity contribution in [2.75, 3.05) is 0 Å². The number of H-pyrrole nitrogens is 1. The van der Waals surface area contributed by atoms with Crippen LogP contribution in [-0.4, -0.2) is 29.9 Å². The van der Waals surface area contributed by atoms with E-state index in [1.54, 1.807) is 6.33 Å². The van der Waals surface area contributed by atoms with Gasteiger partial charge in [0.25, 0.3) is 0 Å². The van der Waals surface area contributed by atoms with E-state index in [4.69, 9.17) is 0 Å². The zero-order chi connectivity index (χ0) is 16.4. The normalized spacial score (nSPS) is 11.2. The third kappa shape index (κ3) is 2.67. The molecule has 4 rings (SSSR count). The fourth-order valence-electron chi connectivity index (χ4n) is 2.93. The average molecular weight is 318 g/mol. The summed E-state index contributed by atoms with van der Waals surface area (Å²) in [5.41, 5.74) is 4.84. The summed E-state index contributed by atoms with van der Waals surface area (Å²) in [6.45, 7) is 2.88. The van der Waals surface area contributed by atoms with Crippen LogP contribution in [0, 0.1) is 6.92 Å². The lowest BCUT2D eigenvalue weighted by Gasteiger charge is -2.04. The maximum atomic E-state index is 4.40. The number of aryl methyl sites for hydroxylation is 2. The largest absolute Gasteiger partial charge is 0.346 e. The minimum Gasteiger partial charge on any atom is -0.346 e. The Morgan fingerprint density at radius 1 is 1.04 bits per heavy atom. The second kappa shape index (κ2) is 6.23. The number of aromatic nitrogens is 6. The molecule has 4 aromatic rings. The molecule has 0 saturated heterocycles. The van der Waals surface area contributed by atoms with E-state index in [0.29, 0.717) is 0 Å². The Balaban J connectivity index is 1.54. The molecule has 0 aliphatic carbocycles. The summed E-state index contributed by atoms with van der Waals surface area (Å²) in [5, 5.41) is 9.63. The van der Waals surface area contributed by atoms with Crippen molar-refractivity contribution in [1.82, 2.24) is 29.9 Å². The van der Waals surface area contributed by atoms with Crippen molar-refractivity contribution in [1.29, 1.82) is 0 Å². The highest BCUT2D eigenvalue weighted by atomic mass is 15.4. The van der Waals surface area contributed by atoms with Crippen molar-refractivity contribution >= 4 is 11.0 Å². The number of rotatable bonds is 5. The van der Waals surface area contributed by atoms with Crippen LogP contribution < -0.4 is 0 Å². The molecule has 6 nitrogen and oxygen atoms in total. The predicted octanol–water partition coefficient (Wildman–Crippen LogP) is 3.16. The van der Waals surface area contributed by atoms with Crippen molar-refractivity contribution in [3.8, 4) is 11.4 Å². The number of hydrogen-bond donors (Lipinski definition) is 1. The molecule has 0 unspecified atom stereocenters. The van der Waals surface area contributed by atoms with E-state index < -0.39 is 0 Å². The van der Waals surface area contributed by atoms with Gasteiger partial charge >= 0.3 is 0 Å². The SMILES string of the molecule is Cc1c(-c2ncnc3[nH]ccc23)nnn1CCCc1ccccc1. The van der Waals surface area contributed by atoms with Crippen molar-refractivity contribution in [2.45, 2.75) is 26.3 Å². The van der Waals surface area contributed by atoms with Gasteiger partial charge in [0.2, 0.25) is 0 Å². The first kappa shape index (κ1) is 14.6. The highest BCUT2D eigenvalue weighted by molar-refractivity contribution is 5.89. The lowest BCUT2D eigenvalue weighted by atomic mass is 10.1. The summed E-state index contributed by atoms with van der Waals surface area (Å²) in [6.07, 6.45) is 5.48. The van der Waals surface area contributed by atoms with Gasteiger partial charge in [-0.2, -0.15) is 0 Å². The van der Waals surface area contributed by atoms with Gasteiger partial charge in [0.15, 0.2) is 0 Å². The van der Waals surface area contributed by atoms with E-state index in [2.05, 4.69) is 49.5 Å². The molecule has 0 atom stereocenters. The summed E-state index contributed by atoms with van der Waals surface area (Å²) >= 11 is 0. The molecule has 0 amide bonds. The summed E-state index contributed by atoms with van der Waals surface area (Å²) in [7, 11) is 0. The number of aromatic amines is 1. The highest BCUT2D eigenvalue weighted by Crippen LogP contribution is 2.25. The number of fused-ring (bicyclic) bond motifs is 1. The van der Waals surface area contributed by atoms with Crippen LogP contribution in [0.2, 0.25) is 0 Å². The molecule has 1 N–H and O–H groups in total. The van der Waals surface area contributed by atoms with E-state index in [-0.39, 0.29) is 0 Å². The monoisotopic (exact) mass is 318 g/mol. The van der Waals surface area contributed by atoms with Gasteiger partial charge in [-0.3, -0.25) is 0 Å². The van der Waals surface area contributed by atoms with Gasteiger partial charge in [-0.1, -0.05) is 35.5 Å². The number of nitrogens with one attached hydrogen (secondary N) is 1. The number of benzene rings is 1. The molecule has 0 bridgehead atoms. The van der Waals surface area contributed by atoms with E-state index >= 15 is 0 Å². The van der Waals surface area contributed by atoms with Crippen molar-refractivity contribution in [3.05, 3.63) is 60.2 Å². The van der Waals surface area contributed by atoms with Crippen LogP contribution in [0.3, 0.4) is 0 Å². The van der Waals surface area contributed by atoms with E-state index in [9.17, 15) is 0 Å². The minimum atomic E-state index is 0.818. The second-order valence-electron chi connectivity index (χ2n) is 5.80. The number of nitrogens with zero attached hydrogens (tertiary/aromatic N) is 5. The first-order valence-corrected chi connectivity index (χ1v) is 8.05. The molecule has 120 valence electrons. The molecule has 3 aromatic heterocycles. The van der Waals surface area contributed by atoms with Crippen LogP contribution in [0.5, 0.6) is 0 Å². The topological polar surface area (TPSA) is 72.3 Å². The van der Waals surface area contributed by atoms with Gasteiger partial charge in [0, 0.05) is 18.1 Å². The maximum absolute atomic E-state index is 4.40. The fraction of sp³-hybridized carbons (Fsp3) is 0.222. The average Bonchev–Trinajstić information content (AvgIpc) is 3.23. The first-order valence-electron chi connectivity index (χ1n) is 8.05. The van der Waals surface area contributed by atoms with Crippen LogP contribution in [0.4, 0.5) is 0 Å². The van der Waals surface area contributed by atoms with Crippen molar-refractivity contribution in [2.24, 2.45) is 0 Å². The molecule has 0 saturated carbocycles. The van der Waals surface area contributed by atoms with Crippen LogP contribution in [0.1, 0.15) is 17.7 Å². The van der Waals surface area contributed by atoms with Crippen LogP contribution >= 0.6 is 0 Å². The molecule has 0 aliphatic rings. The Morgan fingerprint density at radius 2 is 1.92 bits per heavy atom. The minimum absolute atomic E-state index is 0.818. The van der Waals surface area contributed by atoms with Gasteiger partial charge in [-0.15, -0.1) is 5.10 Å². The van der Waals surface area contributed by atoms with E-state index in [0.717, 1.165) is 47.5 Å². The lowest BCUT2D eigenvalue weighted by Crippen LogP contribution is -2.04. The van der Waals surface area contributed by atoms with Gasteiger partial charge in [0.05, 0.1) is 5.69 Å². The highest BCUT2D eigenvalue weighted by Gasteiger charge is 2.15. The Hall–Kier alpha value is -3.02. The lowest BCUT2D eigenvalue weighted by molar-refractivity contribution is 0.547. The maximum Gasteiger partial charge on any atom is 0.141 e. The quantitative estimate of drug-likeness (QED) is 0.613. The summed E-state index contributed by atoms with van der Waals surface area (Å²) < 4.78 is 1.96. The van der Waals surface area contributed by atoms with E-state index in [1.807, 2.05) is 29.9 Å². The third-order valence-corrected chi connectivity index (χ3v) is 4.24. The molecule has 24 heavy (non-hydrogen) atoms. The summed E-state index contributed by atoms with van der Waals surface area (Å²) in [6, 6.07) is 12.5. The summed E-state index contributed by atoms with van der Waals surface area (Å²) in [5.74, 6) is 0. The zero-order valence-electron chi connectivity index (χ0n) is 13.5. The fourth-order valence-corrected chi connectivity index (χ4v) is 2.93. The molecule has 0 aliphatic heterocycles. The molecule has 0 radical (unpaired) electrons. The van der Waals surface area contributed by atoms with Gasteiger partial charge in [-0.25, -0.2) is 14.6 Å². The molecule has 3 heterocycles. The zero-order valence-corrected chi connectivity index (χ0v) is 13.5. The molecule has 0 spiro atoms. The smallest absolute Gasteiger partial charge is 0.141 e. The van der Waals surface area contributed by atoms with Gasteiger partial charge in [-0.05, 0) is 31.4 Å². The van der Waals surface area contributed by atoms with Crippen molar-refractivity contribution < 1.29 is 0 Å². The van der Waals surface area contributed by atoms with Crippen molar-refractivity contribution in [3.63, 3.8) is 0 Å². The molecule has 0 fully saturated rings. The second-order valence-corrected chi connectivity index (χ2v) is 5.80. The van der Waals surface area contributed by atoms with Crippen LogP contribution in [0.25, 0.3) is 22.4 Å². The molecular formula is C18H18N6. The van der Waals surface area contributed by atoms with Crippen LogP contribution in [-0.2, 0) is 13.0 Å². The Morgan fingerprint density at radius 3 is 2.79 bits per heavy atom. The standard InChI is InChI=1S/C18H18N6/c1-13-16(17-15-9-10-19-18(15)21-12-20-17)22-23-24(13)11-5-8-14-6-3-2-4-7-14/h2-4,6-7,9-10,12H,5,8,11H2,1H3,(H,19,20,21). The van der Waals surface area contributed by atoms with Gasteiger partial charge in [0.1, 0.15) is 23.4 Å². The first-order chi connectivity index (χ1) is 11.8. The van der Waals surface area contributed by atoms with Crippen LogP contribution in [0.15, 0.2) is 48.9 Å². The predicted molar refractivity (Wildman–Crippen MR) is 92.4 cm³/mol. The molecule has 1 aromatic carbocycles. The summed E-state index contributed by atoms with van der Waals surface area (Å²) in [4.78, 5) is 11.7.